The summed E-state index contributed by atoms with van der Waals surface area (Å²) in [5.74, 6) is 1.87. The number of carbonyl (C=O) groups is 1. The minimum atomic E-state index is -3.56. The SMILES string of the molecule is Cl.O=C(CC1CSCCN1)Nc1cccc(S(=O)(=O)N2CCOCC2)c1. The summed E-state index contributed by atoms with van der Waals surface area (Å²) < 4.78 is 32.0. The maximum Gasteiger partial charge on any atom is 0.243 e. The van der Waals surface area contributed by atoms with Crippen molar-refractivity contribution in [3.8, 4) is 0 Å². The number of thioether (sulfide) groups is 1. The average Bonchev–Trinajstić information content (AvgIpc) is 2.63. The largest absolute Gasteiger partial charge is 0.379 e. The Hall–Kier alpha value is -0.840. The Balaban J connectivity index is 0.00000243. The second-order valence-electron chi connectivity index (χ2n) is 6.02. The lowest BCUT2D eigenvalue weighted by atomic mass is 10.2. The first-order valence-electron chi connectivity index (χ1n) is 8.34. The third-order valence-corrected chi connectivity index (χ3v) is 7.18. The fourth-order valence-corrected chi connectivity index (χ4v) is 5.26. The van der Waals surface area contributed by atoms with Crippen molar-refractivity contribution in [2.75, 3.05) is 49.7 Å². The summed E-state index contributed by atoms with van der Waals surface area (Å²) in [6.45, 7) is 2.42. The highest BCUT2D eigenvalue weighted by Gasteiger charge is 2.26. The summed E-state index contributed by atoms with van der Waals surface area (Å²) in [6.07, 6.45) is 0.382. The topological polar surface area (TPSA) is 87.7 Å². The van der Waals surface area contributed by atoms with Crippen LogP contribution in [0.3, 0.4) is 0 Å². The molecule has 2 saturated heterocycles. The highest BCUT2D eigenvalue weighted by molar-refractivity contribution is 7.99. The number of amides is 1. The van der Waals surface area contributed by atoms with Crippen molar-refractivity contribution in [1.29, 1.82) is 0 Å². The van der Waals surface area contributed by atoms with Gasteiger partial charge < -0.3 is 15.4 Å². The molecule has 2 heterocycles. The zero-order valence-corrected chi connectivity index (χ0v) is 16.8. The van der Waals surface area contributed by atoms with Gasteiger partial charge in [-0.05, 0) is 18.2 Å². The van der Waals surface area contributed by atoms with Crippen LogP contribution in [0.4, 0.5) is 5.69 Å². The zero-order valence-electron chi connectivity index (χ0n) is 14.3. The van der Waals surface area contributed by atoms with E-state index in [0.29, 0.717) is 38.4 Å². The van der Waals surface area contributed by atoms with E-state index in [1.807, 2.05) is 11.8 Å². The summed E-state index contributed by atoms with van der Waals surface area (Å²) in [7, 11) is -3.56. The van der Waals surface area contributed by atoms with Gasteiger partial charge in [-0.2, -0.15) is 16.1 Å². The van der Waals surface area contributed by atoms with Crippen LogP contribution in [0.2, 0.25) is 0 Å². The minimum absolute atomic E-state index is 0. The first kappa shape index (κ1) is 21.5. The van der Waals surface area contributed by atoms with Gasteiger partial charge in [0.1, 0.15) is 0 Å². The fourth-order valence-electron chi connectivity index (χ4n) is 2.86. The number of carbonyl (C=O) groups excluding carboxylic acids is 1. The Morgan fingerprint density at radius 3 is 2.81 bits per heavy atom. The number of hydrogen-bond acceptors (Lipinski definition) is 6. The molecule has 0 spiro atoms. The van der Waals surface area contributed by atoms with Crippen molar-refractivity contribution in [2.45, 2.75) is 17.4 Å². The van der Waals surface area contributed by atoms with Gasteiger partial charge in [-0.15, -0.1) is 12.4 Å². The third-order valence-electron chi connectivity index (χ3n) is 4.16. The fraction of sp³-hybridized carbons (Fsp3) is 0.562. The Morgan fingerprint density at radius 2 is 2.12 bits per heavy atom. The lowest BCUT2D eigenvalue weighted by Crippen LogP contribution is -2.40. The second-order valence-corrected chi connectivity index (χ2v) is 9.11. The maximum atomic E-state index is 12.7. The molecule has 10 heteroatoms. The Kier molecular flexibility index (Phi) is 8.18. The molecule has 0 bridgehead atoms. The van der Waals surface area contributed by atoms with Gasteiger partial charge >= 0.3 is 0 Å². The molecule has 1 aromatic carbocycles. The van der Waals surface area contributed by atoms with Crippen LogP contribution in [0.5, 0.6) is 0 Å². The molecule has 1 amide bonds. The molecular weight excluding hydrogens is 398 g/mol. The lowest BCUT2D eigenvalue weighted by molar-refractivity contribution is -0.116. The van der Waals surface area contributed by atoms with Crippen molar-refractivity contribution in [2.24, 2.45) is 0 Å². The quantitative estimate of drug-likeness (QED) is 0.741. The summed E-state index contributed by atoms with van der Waals surface area (Å²) in [6, 6.07) is 6.60. The van der Waals surface area contributed by atoms with Crippen molar-refractivity contribution in [3.05, 3.63) is 24.3 Å². The van der Waals surface area contributed by atoms with Gasteiger partial charge in [0.2, 0.25) is 15.9 Å². The monoisotopic (exact) mass is 421 g/mol. The van der Waals surface area contributed by atoms with E-state index in [-0.39, 0.29) is 29.3 Å². The molecule has 26 heavy (non-hydrogen) atoms. The van der Waals surface area contributed by atoms with Gasteiger partial charge in [0.25, 0.3) is 0 Å². The van der Waals surface area contributed by atoms with Gasteiger partial charge in [0.05, 0.1) is 18.1 Å². The summed E-state index contributed by atoms with van der Waals surface area (Å²) in [5, 5.41) is 6.13. The number of nitrogens with zero attached hydrogens (tertiary/aromatic N) is 1. The first-order valence-corrected chi connectivity index (χ1v) is 10.9. The average molecular weight is 422 g/mol. The predicted molar refractivity (Wildman–Crippen MR) is 106 cm³/mol. The molecule has 2 aliphatic heterocycles. The Labute approximate surface area is 164 Å². The summed E-state index contributed by atoms with van der Waals surface area (Å²) in [5.41, 5.74) is 0.503. The Morgan fingerprint density at radius 1 is 1.35 bits per heavy atom. The molecule has 1 atom stereocenters. The van der Waals surface area contributed by atoms with Crippen molar-refractivity contribution < 1.29 is 17.9 Å². The molecule has 2 fully saturated rings. The summed E-state index contributed by atoms with van der Waals surface area (Å²) in [4.78, 5) is 12.4. The molecule has 1 aromatic rings. The van der Waals surface area contributed by atoms with Gasteiger partial charge in [-0.25, -0.2) is 8.42 Å². The van der Waals surface area contributed by atoms with Crippen LogP contribution in [0.25, 0.3) is 0 Å². The van der Waals surface area contributed by atoms with E-state index in [0.717, 1.165) is 18.1 Å². The molecule has 3 rings (SSSR count). The molecule has 0 saturated carbocycles. The number of rotatable bonds is 5. The van der Waals surface area contributed by atoms with Crippen molar-refractivity contribution >= 4 is 45.8 Å². The number of ether oxygens (including phenoxy) is 1. The van der Waals surface area contributed by atoms with Crippen LogP contribution in [0.15, 0.2) is 29.2 Å². The smallest absolute Gasteiger partial charge is 0.243 e. The predicted octanol–water partition coefficient (Wildman–Crippen LogP) is 1.16. The molecule has 0 aliphatic carbocycles. The third kappa shape index (κ3) is 5.58. The molecular formula is C16H24ClN3O4S2. The van der Waals surface area contributed by atoms with Crippen LogP contribution >= 0.6 is 24.2 Å². The van der Waals surface area contributed by atoms with Crippen LogP contribution in [-0.4, -0.2) is 69.0 Å². The molecule has 7 nitrogen and oxygen atoms in total. The molecule has 1 unspecified atom stereocenters. The van der Waals surface area contributed by atoms with Gasteiger partial charge in [0.15, 0.2) is 0 Å². The van der Waals surface area contributed by atoms with E-state index in [2.05, 4.69) is 10.6 Å². The van der Waals surface area contributed by atoms with Crippen LogP contribution in [0, 0.1) is 0 Å². The molecule has 0 radical (unpaired) electrons. The standard InChI is InChI=1S/C16H23N3O4S2.ClH/c20-16(11-14-12-24-9-4-17-14)18-13-2-1-3-15(10-13)25(21,22)19-5-7-23-8-6-19;/h1-3,10,14,17H,4-9,11-12H2,(H,18,20);1H. The molecule has 0 aromatic heterocycles. The second kappa shape index (κ2) is 9.91. The van der Waals surface area contributed by atoms with Gasteiger partial charge in [-0.3, -0.25) is 4.79 Å². The normalized spacial score (nSPS) is 21.6. The van der Waals surface area contributed by atoms with E-state index in [1.54, 1.807) is 18.2 Å². The first-order chi connectivity index (χ1) is 12.1. The lowest BCUT2D eigenvalue weighted by Gasteiger charge is -2.26. The number of morpholine rings is 1. The Bertz CT molecular complexity index is 705. The van der Waals surface area contributed by atoms with E-state index >= 15 is 0 Å². The number of halogens is 1. The number of sulfonamides is 1. The molecule has 2 aliphatic rings. The molecule has 146 valence electrons. The number of benzene rings is 1. The summed E-state index contributed by atoms with van der Waals surface area (Å²) >= 11 is 1.84. The van der Waals surface area contributed by atoms with E-state index in [9.17, 15) is 13.2 Å². The van der Waals surface area contributed by atoms with Crippen LogP contribution < -0.4 is 10.6 Å². The van der Waals surface area contributed by atoms with E-state index in [1.165, 1.54) is 10.4 Å². The highest BCUT2D eigenvalue weighted by Crippen LogP contribution is 2.21. The van der Waals surface area contributed by atoms with Crippen LogP contribution in [0.1, 0.15) is 6.42 Å². The molecule has 2 N–H and O–H groups in total. The van der Waals surface area contributed by atoms with Gasteiger partial charge in [0, 0.05) is 49.3 Å². The van der Waals surface area contributed by atoms with E-state index < -0.39 is 10.0 Å². The van der Waals surface area contributed by atoms with E-state index in [4.69, 9.17) is 4.74 Å². The van der Waals surface area contributed by atoms with Crippen molar-refractivity contribution in [1.82, 2.24) is 9.62 Å². The number of anilines is 1. The van der Waals surface area contributed by atoms with Crippen LogP contribution in [-0.2, 0) is 19.6 Å². The maximum absolute atomic E-state index is 12.7. The highest BCUT2D eigenvalue weighted by atomic mass is 35.5. The van der Waals surface area contributed by atoms with Crippen molar-refractivity contribution in [3.63, 3.8) is 0 Å². The zero-order chi connectivity index (χ0) is 17.7. The minimum Gasteiger partial charge on any atom is -0.379 e. The van der Waals surface area contributed by atoms with Gasteiger partial charge in [-0.1, -0.05) is 6.07 Å². The number of hydrogen-bond donors (Lipinski definition) is 2. The number of nitrogens with one attached hydrogen (secondary N) is 2.